The molecule has 0 N–H and O–H groups in total. The van der Waals surface area contributed by atoms with E-state index in [1.54, 1.807) is 0 Å². The van der Waals surface area contributed by atoms with Gasteiger partial charge in [0, 0.05) is 0 Å². The van der Waals surface area contributed by atoms with Crippen LogP contribution in [0.4, 0.5) is 0 Å². The zero-order valence-corrected chi connectivity index (χ0v) is 20.2. The normalized spacial score (nSPS) is 10.8. The molecule has 0 aliphatic carbocycles. The van der Waals surface area contributed by atoms with Crippen molar-refractivity contribution in [1.82, 2.24) is 0 Å². The van der Waals surface area contributed by atoms with Gasteiger partial charge in [0.1, 0.15) is 5.75 Å². The van der Waals surface area contributed by atoms with Crippen LogP contribution in [0.1, 0.15) is 19.8 Å². The fraction of sp³-hybridized carbons (Fsp3) is 0.118. The van der Waals surface area contributed by atoms with Crippen molar-refractivity contribution in [2.75, 3.05) is 6.61 Å². The standard InChI is InChI=1S/C34H30O/c1-2-3-25-35-30-21-19-27(20-22-30)32-24-23-31(26-13-7-4-8-14-26)33(28-15-9-5-10-16-28)34(32)29-17-11-6-12-18-29/h4-24H,2-3,25H2,1H3. The lowest BCUT2D eigenvalue weighted by atomic mass is 9.83. The second kappa shape index (κ2) is 10.9. The van der Waals surface area contributed by atoms with Crippen LogP contribution >= 0.6 is 0 Å². The molecule has 0 radical (unpaired) electrons. The predicted octanol–water partition coefficient (Wildman–Crippen LogP) is 9.53. The van der Waals surface area contributed by atoms with Crippen LogP contribution in [0.2, 0.25) is 0 Å². The summed E-state index contributed by atoms with van der Waals surface area (Å²) in [5.41, 5.74) is 9.78. The number of unbranched alkanes of at least 4 members (excludes halogenated alkanes) is 1. The third-order valence-corrected chi connectivity index (χ3v) is 6.35. The Kier molecular flexibility index (Phi) is 7.05. The highest BCUT2D eigenvalue weighted by atomic mass is 16.5. The summed E-state index contributed by atoms with van der Waals surface area (Å²) in [6.45, 7) is 2.94. The third-order valence-electron chi connectivity index (χ3n) is 6.35. The largest absolute Gasteiger partial charge is 0.494 e. The SMILES string of the molecule is CCCCOc1ccc(-c2ccc(-c3ccccc3)c(-c3ccccc3)c2-c2ccccc2)cc1. The number of ether oxygens (including phenoxy) is 1. The minimum Gasteiger partial charge on any atom is -0.494 e. The van der Waals surface area contributed by atoms with Crippen LogP contribution in [0, 0.1) is 0 Å². The van der Waals surface area contributed by atoms with Crippen molar-refractivity contribution < 1.29 is 4.74 Å². The van der Waals surface area contributed by atoms with Crippen molar-refractivity contribution in [3.8, 4) is 50.3 Å². The van der Waals surface area contributed by atoms with E-state index in [0.29, 0.717) is 0 Å². The van der Waals surface area contributed by atoms with Gasteiger partial charge in [0.25, 0.3) is 0 Å². The zero-order chi connectivity index (χ0) is 23.9. The molecule has 0 bridgehead atoms. The highest BCUT2D eigenvalue weighted by molar-refractivity contribution is 6.01. The van der Waals surface area contributed by atoms with Crippen molar-refractivity contribution in [3.05, 3.63) is 127 Å². The Bertz CT molecular complexity index is 1360. The van der Waals surface area contributed by atoms with Gasteiger partial charge in [0.15, 0.2) is 0 Å². The summed E-state index contributed by atoms with van der Waals surface area (Å²) in [4.78, 5) is 0. The molecule has 0 aromatic heterocycles. The van der Waals surface area contributed by atoms with Gasteiger partial charge in [0.2, 0.25) is 0 Å². The van der Waals surface area contributed by atoms with E-state index in [1.165, 1.54) is 44.5 Å². The van der Waals surface area contributed by atoms with Gasteiger partial charge in [-0.1, -0.05) is 129 Å². The summed E-state index contributed by atoms with van der Waals surface area (Å²) in [6, 6.07) is 45.2. The summed E-state index contributed by atoms with van der Waals surface area (Å²) in [7, 11) is 0. The van der Waals surface area contributed by atoms with E-state index in [9.17, 15) is 0 Å². The Morgan fingerprint density at radius 1 is 0.457 bits per heavy atom. The molecule has 35 heavy (non-hydrogen) atoms. The van der Waals surface area contributed by atoms with Gasteiger partial charge in [-0.15, -0.1) is 0 Å². The number of benzene rings is 5. The van der Waals surface area contributed by atoms with Crippen LogP contribution in [0.3, 0.4) is 0 Å². The molecule has 0 aliphatic rings. The topological polar surface area (TPSA) is 9.23 Å². The summed E-state index contributed by atoms with van der Waals surface area (Å²) in [5.74, 6) is 0.924. The maximum absolute atomic E-state index is 5.92. The number of rotatable bonds is 8. The monoisotopic (exact) mass is 454 g/mol. The zero-order valence-electron chi connectivity index (χ0n) is 20.2. The fourth-order valence-electron chi connectivity index (χ4n) is 4.58. The molecule has 0 atom stereocenters. The lowest BCUT2D eigenvalue weighted by molar-refractivity contribution is 0.309. The Morgan fingerprint density at radius 3 is 1.34 bits per heavy atom. The van der Waals surface area contributed by atoms with Crippen molar-refractivity contribution in [3.63, 3.8) is 0 Å². The third kappa shape index (κ3) is 5.05. The lowest BCUT2D eigenvalue weighted by Gasteiger charge is -2.21. The van der Waals surface area contributed by atoms with Crippen molar-refractivity contribution in [2.24, 2.45) is 0 Å². The summed E-state index contributed by atoms with van der Waals surface area (Å²) < 4.78 is 5.92. The van der Waals surface area contributed by atoms with Gasteiger partial charge in [0.05, 0.1) is 6.61 Å². The number of hydrogen-bond donors (Lipinski definition) is 0. The highest BCUT2D eigenvalue weighted by Gasteiger charge is 2.19. The van der Waals surface area contributed by atoms with Gasteiger partial charge < -0.3 is 4.74 Å². The molecule has 0 unspecified atom stereocenters. The van der Waals surface area contributed by atoms with Crippen LogP contribution in [-0.2, 0) is 0 Å². The molecular formula is C34H30O. The van der Waals surface area contributed by atoms with Gasteiger partial charge in [-0.2, -0.15) is 0 Å². The predicted molar refractivity (Wildman–Crippen MR) is 149 cm³/mol. The molecule has 1 heteroatoms. The summed E-state index contributed by atoms with van der Waals surface area (Å²) in [5, 5.41) is 0. The first-order valence-electron chi connectivity index (χ1n) is 12.4. The molecule has 1 nitrogen and oxygen atoms in total. The van der Waals surface area contributed by atoms with E-state index >= 15 is 0 Å². The molecule has 0 spiro atoms. The quantitative estimate of drug-likeness (QED) is 0.212. The van der Waals surface area contributed by atoms with Crippen molar-refractivity contribution in [2.45, 2.75) is 19.8 Å². The molecule has 0 saturated heterocycles. The highest BCUT2D eigenvalue weighted by Crippen LogP contribution is 2.45. The van der Waals surface area contributed by atoms with Gasteiger partial charge >= 0.3 is 0 Å². The van der Waals surface area contributed by atoms with Crippen LogP contribution in [0.5, 0.6) is 5.75 Å². The Morgan fingerprint density at radius 2 is 0.886 bits per heavy atom. The fourth-order valence-corrected chi connectivity index (χ4v) is 4.58. The molecular weight excluding hydrogens is 424 g/mol. The molecule has 5 aromatic carbocycles. The molecule has 5 rings (SSSR count). The van der Waals surface area contributed by atoms with Crippen LogP contribution in [-0.4, -0.2) is 6.61 Å². The second-order valence-corrected chi connectivity index (χ2v) is 8.74. The van der Waals surface area contributed by atoms with Crippen molar-refractivity contribution in [1.29, 1.82) is 0 Å². The van der Waals surface area contributed by atoms with Gasteiger partial charge in [-0.05, 0) is 63.1 Å². The second-order valence-electron chi connectivity index (χ2n) is 8.74. The maximum atomic E-state index is 5.92. The van der Waals surface area contributed by atoms with Crippen LogP contribution in [0.15, 0.2) is 127 Å². The molecule has 0 aliphatic heterocycles. The van der Waals surface area contributed by atoms with E-state index < -0.39 is 0 Å². The minimum atomic E-state index is 0.759. The number of hydrogen-bond acceptors (Lipinski definition) is 1. The van der Waals surface area contributed by atoms with E-state index in [0.717, 1.165) is 25.2 Å². The molecule has 0 amide bonds. The first kappa shape index (κ1) is 22.7. The van der Waals surface area contributed by atoms with E-state index in [4.69, 9.17) is 4.74 Å². The van der Waals surface area contributed by atoms with Crippen molar-refractivity contribution >= 4 is 0 Å². The summed E-state index contributed by atoms with van der Waals surface area (Å²) >= 11 is 0. The average Bonchev–Trinajstić information content (AvgIpc) is 2.94. The molecule has 0 heterocycles. The maximum Gasteiger partial charge on any atom is 0.119 e. The van der Waals surface area contributed by atoms with E-state index in [-0.39, 0.29) is 0 Å². The average molecular weight is 455 g/mol. The lowest BCUT2D eigenvalue weighted by Crippen LogP contribution is -1.97. The summed E-state index contributed by atoms with van der Waals surface area (Å²) in [6.07, 6.45) is 2.20. The van der Waals surface area contributed by atoms with Crippen LogP contribution < -0.4 is 4.74 Å². The molecule has 5 aromatic rings. The van der Waals surface area contributed by atoms with Gasteiger partial charge in [-0.3, -0.25) is 0 Å². The van der Waals surface area contributed by atoms with Crippen LogP contribution in [0.25, 0.3) is 44.5 Å². The van der Waals surface area contributed by atoms with E-state index in [2.05, 4.69) is 134 Å². The molecule has 172 valence electrons. The molecule has 0 fully saturated rings. The smallest absolute Gasteiger partial charge is 0.119 e. The Labute approximate surface area is 208 Å². The molecule has 0 saturated carbocycles. The first-order valence-corrected chi connectivity index (χ1v) is 12.4. The van der Waals surface area contributed by atoms with Gasteiger partial charge in [-0.25, -0.2) is 0 Å². The minimum absolute atomic E-state index is 0.759. The first-order chi connectivity index (χ1) is 17.3. The Hall–Kier alpha value is -4.10. The van der Waals surface area contributed by atoms with E-state index in [1.807, 2.05) is 0 Å². The Balaban J connectivity index is 1.73.